The molecule has 92 valence electrons. The van der Waals surface area contributed by atoms with Crippen molar-refractivity contribution in [2.45, 2.75) is 39.0 Å². The lowest BCUT2D eigenvalue weighted by molar-refractivity contribution is -0.162. The van der Waals surface area contributed by atoms with Gasteiger partial charge in [-0.1, -0.05) is 43.7 Å². The van der Waals surface area contributed by atoms with Crippen LogP contribution in [-0.2, 0) is 16.1 Å². The first-order valence-electron chi connectivity index (χ1n) is 6.26. The number of β-lactam (4-membered cyclic amide) rings is 1. The van der Waals surface area contributed by atoms with E-state index in [9.17, 15) is 4.79 Å². The Balaban J connectivity index is 1.87. The van der Waals surface area contributed by atoms with Crippen LogP contribution in [-0.4, -0.2) is 23.6 Å². The van der Waals surface area contributed by atoms with Crippen LogP contribution in [0.3, 0.4) is 0 Å². The van der Waals surface area contributed by atoms with Crippen molar-refractivity contribution in [3.05, 3.63) is 35.9 Å². The van der Waals surface area contributed by atoms with Crippen LogP contribution in [0.1, 0.15) is 31.7 Å². The molecule has 0 aliphatic carbocycles. The number of rotatable bonds is 6. The van der Waals surface area contributed by atoms with Crippen molar-refractivity contribution >= 4 is 5.91 Å². The summed E-state index contributed by atoms with van der Waals surface area (Å²) in [5, 5.41) is 0. The summed E-state index contributed by atoms with van der Waals surface area (Å²) in [4.78, 5) is 13.2. The second kappa shape index (κ2) is 5.82. The second-order valence-electron chi connectivity index (χ2n) is 4.38. The van der Waals surface area contributed by atoms with Gasteiger partial charge in [0.2, 0.25) is 5.91 Å². The minimum atomic E-state index is -0.0403. The number of hydrogen-bond acceptors (Lipinski definition) is 2. The van der Waals surface area contributed by atoms with E-state index in [4.69, 9.17) is 4.74 Å². The molecular weight excluding hydrogens is 214 g/mol. The predicted octanol–water partition coefficient (Wildman–Crippen LogP) is 2.56. The smallest absolute Gasteiger partial charge is 0.226 e. The SMILES string of the molecule is CCC[C@H](OCc1ccccc1)N1CCC1=O. The van der Waals surface area contributed by atoms with Crippen LogP contribution in [0.15, 0.2) is 30.3 Å². The first kappa shape index (κ1) is 12.1. The third kappa shape index (κ3) is 3.07. The van der Waals surface area contributed by atoms with Gasteiger partial charge in [0.25, 0.3) is 0 Å². The molecule has 1 aliphatic heterocycles. The van der Waals surface area contributed by atoms with Crippen molar-refractivity contribution < 1.29 is 9.53 Å². The molecule has 1 aliphatic rings. The maximum absolute atomic E-state index is 11.4. The van der Waals surface area contributed by atoms with Crippen molar-refractivity contribution in [2.24, 2.45) is 0 Å². The number of ether oxygens (including phenoxy) is 1. The number of carbonyl (C=O) groups excluding carboxylic acids is 1. The summed E-state index contributed by atoms with van der Waals surface area (Å²) in [6.45, 7) is 3.54. The fourth-order valence-electron chi connectivity index (χ4n) is 1.98. The van der Waals surface area contributed by atoms with Gasteiger partial charge in [-0.3, -0.25) is 4.79 Å². The largest absolute Gasteiger partial charge is 0.354 e. The Morgan fingerprint density at radius 1 is 1.35 bits per heavy atom. The first-order valence-corrected chi connectivity index (χ1v) is 6.26. The van der Waals surface area contributed by atoms with E-state index in [0.29, 0.717) is 13.0 Å². The maximum atomic E-state index is 11.4. The Kier molecular flexibility index (Phi) is 4.15. The maximum Gasteiger partial charge on any atom is 0.226 e. The standard InChI is InChI=1S/C14H19NO2/c1-2-6-14(15-10-9-13(15)16)17-11-12-7-4-3-5-8-12/h3-5,7-8,14H,2,6,9-11H2,1H3/t14-/m0/s1. The van der Waals surface area contributed by atoms with Crippen LogP contribution < -0.4 is 0 Å². The second-order valence-corrected chi connectivity index (χ2v) is 4.38. The molecule has 0 N–H and O–H groups in total. The van der Waals surface area contributed by atoms with E-state index in [0.717, 1.165) is 24.9 Å². The molecule has 3 nitrogen and oxygen atoms in total. The molecular formula is C14H19NO2. The van der Waals surface area contributed by atoms with Crippen LogP contribution in [0.4, 0.5) is 0 Å². The minimum Gasteiger partial charge on any atom is -0.354 e. The highest BCUT2D eigenvalue weighted by Crippen LogP contribution is 2.19. The molecule has 0 bridgehead atoms. The monoisotopic (exact) mass is 233 g/mol. The first-order chi connectivity index (χ1) is 8.31. The van der Waals surface area contributed by atoms with Crippen LogP contribution in [0, 0.1) is 0 Å². The highest BCUT2D eigenvalue weighted by molar-refractivity contribution is 5.81. The Morgan fingerprint density at radius 2 is 2.12 bits per heavy atom. The summed E-state index contributed by atoms with van der Waals surface area (Å²) in [7, 11) is 0. The van der Waals surface area contributed by atoms with Gasteiger partial charge < -0.3 is 9.64 Å². The fraction of sp³-hybridized carbons (Fsp3) is 0.500. The molecule has 0 saturated carbocycles. The molecule has 0 aromatic heterocycles. The number of hydrogen-bond donors (Lipinski definition) is 0. The number of carbonyl (C=O) groups is 1. The quantitative estimate of drug-likeness (QED) is 0.707. The number of nitrogens with zero attached hydrogens (tertiary/aromatic N) is 1. The molecule has 1 saturated heterocycles. The number of amides is 1. The van der Waals surface area contributed by atoms with E-state index in [-0.39, 0.29) is 12.1 Å². The lowest BCUT2D eigenvalue weighted by Crippen LogP contribution is -2.50. The zero-order valence-electron chi connectivity index (χ0n) is 10.3. The Hall–Kier alpha value is -1.35. The normalized spacial score (nSPS) is 16.8. The summed E-state index contributed by atoms with van der Waals surface area (Å²) < 4.78 is 5.85. The van der Waals surface area contributed by atoms with Crippen molar-refractivity contribution in [1.82, 2.24) is 4.90 Å². The third-order valence-corrected chi connectivity index (χ3v) is 3.06. The Bertz CT molecular complexity index is 364. The fourth-order valence-corrected chi connectivity index (χ4v) is 1.98. The molecule has 1 aromatic carbocycles. The van der Waals surface area contributed by atoms with Gasteiger partial charge in [-0.25, -0.2) is 0 Å². The Morgan fingerprint density at radius 3 is 2.65 bits per heavy atom. The third-order valence-electron chi connectivity index (χ3n) is 3.06. The van der Waals surface area contributed by atoms with Crippen molar-refractivity contribution in [3.63, 3.8) is 0 Å². The highest BCUT2D eigenvalue weighted by Gasteiger charge is 2.30. The van der Waals surface area contributed by atoms with E-state index in [2.05, 4.69) is 6.92 Å². The summed E-state index contributed by atoms with van der Waals surface area (Å²) >= 11 is 0. The molecule has 0 radical (unpaired) electrons. The van der Waals surface area contributed by atoms with Gasteiger partial charge in [0.15, 0.2) is 0 Å². The van der Waals surface area contributed by atoms with Crippen LogP contribution in [0.5, 0.6) is 0 Å². The summed E-state index contributed by atoms with van der Waals surface area (Å²) in [6, 6.07) is 10.1. The van der Waals surface area contributed by atoms with E-state index >= 15 is 0 Å². The molecule has 2 rings (SSSR count). The topological polar surface area (TPSA) is 29.5 Å². The zero-order valence-corrected chi connectivity index (χ0v) is 10.3. The average molecular weight is 233 g/mol. The number of likely N-dealkylation sites (tertiary alicyclic amines) is 1. The zero-order chi connectivity index (χ0) is 12.1. The van der Waals surface area contributed by atoms with Gasteiger partial charge in [0, 0.05) is 13.0 Å². The van der Waals surface area contributed by atoms with E-state index in [1.165, 1.54) is 0 Å². The van der Waals surface area contributed by atoms with Crippen molar-refractivity contribution in [2.75, 3.05) is 6.54 Å². The molecule has 1 atom stereocenters. The van der Waals surface area contributed by atoms with Gasteiger partial charge in [-0.15, -0.1) is 0 Å². The van der Waals surface area contributed by atoms with E-state index in [1.54, 1.807) is 0 Å². The summed E-state index contributed by atoms with van der Waals surface area (Å²) in [6.07, 6.45) is 2.58. The summed E-state index contributed by atoms with van der Waals surface area (Å²) in [5.41, 5.74) is 1.15. The van der Waals surface area contributed by atoms with Crippen LogP contribution in [0.2, 0.25) is 0 Å². The van der Waals surface area contributed by atoms with E-state index in [1.807, 2.05) is 35.2 Å². The molecule has 0 spiro atoms. The summed E-state index contributed by atoms with van der Waals surface area (Å²) in [5.74, 6) is 0.219. The van der Waals surface area contributed by atoms with Crippen molar-refractivity contribution in [3.8, 4) is 0 Å². The van der Waals surface area contributed by atoms with Gasteiger partial charge in [-0.05, 0) is 12.0 Å². The lowest BCUT2D eigenvalue weighted by atomic mass is 10.1. The van der Waals surface area contributed by atoms with Gasteiger partial charge in [-0.2, -0.15) is 0 Å². The minimum absolute atomic E-state index is 0.0403. The van der Waals surface area contributed by atoms with Crippen LogP contribution >= 0.6 is 0 Å². The van der Waals surface area contributed by atoms with E-state index < -0.39 is 0 Å². The molecule has 1 aromatic rings. The molecule has 3 heteroatoms. The highest BCUT2D eigenvalue weighted by atomic mass is 16.5. The lowest BCUT2D eigenvalue weighted by Gasteiger charge is -2.37. The predicted molar refractivity (Wildman–Crippen MR) is 66.3 cm³/mol. The molecule has 1 fully saturated rings. The van der Waals surface area contributed by atoms with Gasteiger partial charge in [0.05, 0.1) is 6.61 Å². The molecule has 17 heavy (non-hydrogen) atoms. The van der Waals surface area contributed by atoms with Crippen LogP contribution in [0.25, 0.3) is 0 Å². The van der Waals surface area contributed by atoms with Gasteiger partial charge >= 0.3 is 0 Å². The molecule has 0 unspecified atom stereocenters. The van der Waals surface area contributed by atoms with Gasteiger partial charge in [0.1, 0.15) is 6.23 Å². The Labute approximate surface area is 102 Å². The number of benzene rings is 1. The van der Waals surface area contributed by atoms with Crippen molar-refractivity contribution in [1.29, 1.82) is 0 Å². The molecule has 1 heterocycles. The molecule has 1 amide bonds. The average Bonchev–Trinajstić information content (AvgIpc) is 2.35.